The molecule has 0 radical (unpaired) electrons. The number of carbonyl (C=O) groups excluding carboxylic acids is 1. The van der Waals surface area contributed by atoms with Gasteiger partial charge in [-0.2, -0.15) is 0 Å². The zero-order valence-electron chi connectivity index (χ0n) is 13.6. The van der Waals surface area contributed by atoms with Crippen molar-refractivity contribution in [3.05, 3.63) is 0 Å². The van der Waals surface area contributed by atoms with E-state index in [9.17, 15) is 14.7 Å². The quantitative estimate of drug-likeness (QED) is 0.853. The van der Waals surface area contributed by atoms with E-state index < -0.39 is 11.5 Å². The summed E-state index contributed by atoms with van der Waals surface area (Å²) in [5, 5.41) is 9.43. The molecular weight excluding hydrogens is 270 g/mol. The summed E-state index contributed by atoms with van der Waals surface area (Å²) >= 11 is 0. The lowest BCUT2D eigenvalue weighted by molar-refractivity contribution is -0.147. The summed E-state index contributed by atoms with van der Waals surface area (Å²) in [7, 11) is 5.88. The number of urea groups is 1. The molecule has 1 heterocycles. The molecule has 1 aliphatic carbocycles. The van der Waals surface area contributed by atoms with Gasteiger partial charge in [-0.15, -0.1) is 0 Å². The van der Waals surface area contributed by atoms with Crippen LogP contribution in [-0.2, 0) is 4.79 Å². The van der Waals surface area contributed by atoms with Gasteiger partial charge in [0.2, 0.25) is 0 Å². The molecule has 2 rings (SSSR count). The van der Waals surface area contributed by atoms with E-state index in [1.807, 2.05) is 0 Å². The van der Waals surface area contributed by atoms with Gasteiger partial charge in [0.15, 0.2) is 0 Å². The summed E-state index contributed by atoms with van der Waals surface area (Å²) in [6, 6.07) is -0.162. The maximum atomic E-state index is 12.7. The number of carbonyl (C=O) groups is 2. The van der Waals surface area contributed by atoms with Gasteiger partial charge < -0.3 is 19.8 Å². The van der Waals surface area contributed by atoms with Crippen LogP contribution in [0.15, 0.2) is 0 Å². The third-order valence-corrected chi connectivity index (χ3v) is 5.42. The van der Waals surface area contributed by atoms with Crippen molar-refractivity contribution >= 4 is 12.0 Å². The first-order chi connectivity index (χ1) is 9.73. The first-order valence-electron chi connectivity index (χ1n) is 7.66. The van der Waals surface area contributed by atoms with E-state index in [2.05, 4.69) is 19.0 Å². The summed E-state index contributed by atoms with van der Waals surface area (Å²) < 4.78 is 0. The van der Waals surface area contributed by atoms with Crippen molar-refractivity contribution in [2.24, 2.45) is 0 Å². The minimum atomic E-state index is -1.06. The Labute approximate surface area is 126 Å². The van der Waals surface area contributed by atoms with Gasteiger partial charge in [0.05, 0.1) is 0 Å². The van der Waals surface area contributed by atoms with Crippen LogP contribution >= 0.6 is 0 Å². The number of rotatable bonds is 4. The molecule has 1 saturated carbocycles. The Hall–Kier alpha value is -1.30. The van der Waals surface area contributed by atoms with Crippen LogP contribution < -0.4 is 0 Å². The molecule has 0 bridgehead atoms. The number of hydrogen-bond donors (Lipinski definition) is 1. The molecule has 0 spiro atoms. The zero-order chi connectivity index (χ0) is 15.8. The Balaban J connectivity index is 2.07. The molecule has 0 aromatic carbocycles. The molecule has 0 aromatic rings. The fourth-order valence-corrected chi connectivity index (χ4v) is 3.54. The SMILES string of the molecule is CN(CC1(N(C)C)CCC1)C(=O)N1CCCC1(C)C(=O)O. The predicted octanol–water partition coefficient (Wildman–Crippen LogP) is 1.46. The topological polar surface area (TPSA) is 64.1 Å². The van der Waals surface area contributed by atoms with Crippen LogP contribution in [0.1, 0.15) is 39.0 Å². The summed E-state index contributed by atoms with van der Waals surface area (Å²) in [5.41, 5.74) is -1.00. The number of nitrogens with zero attached hydrogens (tertiary/aromatic N) is 3. The van der Waals surface area contributed by atoms with E-state index in [4.69, 9.17) is 0 Å². The molecule has 120 valence electrons. The van der Waals surface area contributed by atoms with Gasteiger partial charge >= 0.3 is 12.0 Å². The van der Waals surface area contributed by atoms with Crippen molar-refractivity contribution in [3.63, 3.8) is 0 Å². The number of carboxylic acids is 1. The number of carboxylic acid groups (broad SMARTS) is 1. The first-order valence-corrected chi connectivity index (χ1v) is 7.66. The smallest absolute Gasteiger partial charge is 0.329 e. The molecule has 6 nitrogen and oxygen atoms in total. The second-order valence-corrected chi connectivity index (χ2v) is 6.95. The average Bonchev–Trinajstić information content (AvgIpc) is 2.75. The Morgan fingerprint density at radius 1 is 1.14 bits per heavy atom. The highest BCUT2D eigenvalue weighted by Gasteiger charge is 2.48. The molecule has 1 N–H and O–H groups in total. The molecular formula is C15H27N3O3. The van der Waals surface area contributed by atoms with Crippen molar-refractivity contribution in [1.29, 1.82) is 0 Å². The minimum absolute atomic E-state index is 0.0593. The maximum Gasteiger partial charge on any atom is 0.329 e. The van der Waals surface area contributed by atoms with Crippen LogP contribution in [0.25, 0.3) is 0 Å². The van der Waals surface area contributed by atoms with E-state index in [-0.39, 0.29) is 11.6 Å². The molecule has 1 aliphatic heterocycles. The van der Waals surface area contributed by atoms with Crippen LogP contribution in [0.5, 0.6) is 0 Å². The van der Waals surface area contributed by atoms with Crippen molar-refractivity contribution in [3.8, 4) is 0 Å². The van der Waals surface area contributed by atoms with Gasteiger partial charge in [0, 0.05) is 25.7 Å². The average molecular weight is 297 g/mol. The number of aliphatic carboxylic acids is 1. The van der Waals surface area contributed by atoms with E-state index >= 15 is 0 Å². The normalized spacial score (nSPS) is 27.6. The Morgan fingerprint density at radius 2 is 1.76 bits per heavy atom. The summed E-state index contributed by atoms with van der Waals surface area (Å²) in [6.45, 7) is 2.84. The van der Waals surface area contributed by atoms with E-state index in [0.717, 1.165) is 19.3 Å². The summed E-state index contributed by atoms with van der Waals surface area (Å²) in [4.78, 5) is 29.6. The van der Waals surface area contributed by atoms with Gasteiger partial charge in [-0.05, 0) is 53.1 Å². The van der Waals surface area contributed by atoms with Gasteiger partial charge in [-0.25, -0.2) is 9.59 Å². The van der Waals surface area contributed by atoms with E-state index in [0.29, 0.717) is 19.5 Å². The highest BCUT2D eigenvalue weighted by Crippen LogP contribution is 2.37. The van der Waals surface area contributed by atoms with Crippen molar-refractivity contribution in [2.75, 3.05) is 34.2 Å². The van der Waals surface area contributed by atoms with Crippen LogP contribution in [0.4, 0.5) is 4.79 Å². The lowest BCUT2D eigenvalue weighted by atomic mass is 9.75. The zero-order valence-corrected chi connectivity index (χ0v) is 13.6. The molecule has 0 aromatic heterocycles. The van der Waals surface area contributed by atoms with Crippen LogP contribution in [0, 0.1) is 0 Å². The van der Waals surface area contributed by atoms with Crippen LogP contribution in [0.3, 0.4) is 0 Å². The lowest BCUT2D eigenvalue weighted by Crippen LogP contribution is -2.61. The number of hydrogen-bond acceptors (Lipinski definition) is 3. The fraction of sp³-hybridized carbons (Fsp3) is 0.867. The molecule has 2 aliphatic rings. The lowest BCUT2D eigenvalue weighted by Gasteiger charge is -2.49. The number of amides is 2. The Kier molecular flexibility index (Phi) is 4.19. The van der Waals surface area contributed by atoms with E-state index in [1.165, 1.54) is 11.3 Å². The van der Waals surface area contributed by atoms with Crippen molar-refractivity contribution in [2.45, 2.75) is 50.1 Å². The van der Waals surface area contributed by atoms with Gasteiger partial charge in [0.25, 0.3) is 0 Å². The van der Waals surface area contributed by atoms with Gasteiger partial charge in [-0.1, -0.05) is 0 Å². The Morgan fingerprint density at radius 3 is 2.19 bits per heavy atom. The molecule has 2 amide bonds. The fourth-order valence-electron chi connectivity index (χ4n) is 3.54. The number of likely N-dealkylation sites (N-methyl/N-ethyl adjacent to an activating group) is 2. The Bertz CT molecular complexity index is 434. The molecule has 1 saturated heterocycles. The highest BCUT2D eigenvalue weighted by molar-refractivity contribution is 5.86. The highest BCUT2D eigenvalue weighted by atomic mass is 16.4. The third kappa shape index (κ3) is 2.61. The van der Waals surface area contributed by atoms with Crippen molar-refractivity contribution < 1.29 is 14.7 Å². The van der Waals surface area contributed by atoms with Gasteiger partial charge in [-0.3, -0.25) is 0 Å². The van der Waals surface area contributed by atoms with Crippen LogP contribution in [-0.4, -0.2) is 77.1 Å². The minimum Gasteiger partial charge on any atom is -0.480 e. The molecule has 1 unspecified atom stereocenters. The molecule has 1 atom stereocenters. The number of likely N-dealkylation sites (tertiary alicyclic amines) is 1. The summed E-state index contributed by atoms with van der Waals surface area (Å²) in [6.07, 6.45) is 4.65. The maximum absolute atomic E-state index is 12.7. The van der Waals surface area contributed by atoms with Gasteiger partial charge in [0.1, 0.15) is 5.54 Å². The monoisotopic (exact) mass is 297 g/mol. The van der Waals surface area contributed by atoms with Crippen molar-refractivity contribution in [1.82, 2.24) is 14.7 Å². The molecule has 2 fully saturated rings. The summed E-state index contributed by atoms with van der Waals surface area (Å²) in [5.74, 6) is -0.910. The second-order valence-electron chi connectivity index (χ2n) is 6.95. The van der Waals surface area contributed by atoms with Crippen LogP contribution in [0.2, 0.25) is 0 Å². The predicted molar refractivity (Wildman–Crippen MR) is 80.3 cm³/mol. The second kappa shape index (κ2) is 5.48. The molecule has 21 heavy (non-hydrogen) atoms. The standard InChI is InChI=1S/C15H27N3O3/c1-14(12(19)20)7-6-10-18(14)13(21)17(4)11-15(16(2)3)8-5-9-15/h5-11H2,1-4H3,(H,19,20). The largest absolute Gasteiger partial charge is 0.480 e. The molecule has 6 heteroatoms. The third-order valence-electron chi connectivity index (χ3n) is 5.42. The first kappa shape index (κ1) is 16.1. The van der Waals surface area contributed by atoms with E-state index in [1.54, 1.807) is 18.9 Å².